The minimum atomic E-state index is -0.606. The highest BCUT2D eigenvalue weighted by atomic mass is 32.1. The summed E-state index contributed by atoms with van der Waals surface area (Å²) in [6.07, 6.45) is 5.75. The molecule has 0 unspecified atom stereocenters. The molecule has 1 aromatic rings. The van der Waals surface area contributed by atoms with Crippen LogP contribution in [-0.4, -0.2) is 34.1 Å². The number of hydrogen-bond donors (Lipinski definition) is 1. The number of aliphatic hydroxyl groups is 1. The number of rotatable bonds is 4. The maximum absolute atomic E-state index is 10.6. The second-order valence-electron chi connectivity index (χ2n) is 4.85. The fourth-order valence-corrected chi connectivity index (χ4v) is 3.66. The molecule has 1 fully saturated rings. The highest BCUT2D eigenvalue weighted by molar-refractivity contribution is 7.09. The predicted molar refractivity (Wildman–Crippen MR) is 71.2 cm³/mol. The molecule has 1 aliphatic carbocycles. The maximum Gasteiger partial charge on any atom is 0.100 e. The summed E-state index contributed by atoms with van der Waals surface area (Å²) < 4.78 is 0. The van der Waals surface area contributed by atoms with Crippen LogP contribution in [0.25, 0.3) is 0 Å². The van der Waals surface area contributed by atoms with Crippen molar-refractivity contribution in [2.75, 3.05) is 13.1 Å². The molecule has 1 saturated carbocycles. The van der Waals surface area contributed by atoms with Gasteiger partial charge in [0.05, 0.1) is 10.4 Å². The molecule has 1 N–H and O–H groups in total. The Morgan fingerprint density at radius 3 is 2.53 bits per heavy atom. The lowest BCUT2D eigenvalue weighted by molar-refractivity contribution is -0.0210. The molecular formula is C13H22N2OS. The van der Waals surface area contributed by atoms with Gasteiger partial charge in [0, 0.05) is 12.2 Å². The van der Waals surface area contributed by atoms with Gasteiger partial charge in [0.25, 0.3) is 0 Å². The third-order valence-corrected chi connectivity index (χ3v) is 4.97. The molecule has 17 heavy (non-hydrogen) atoms. The lowest BCUT2D eigenvalue weighted by Crippen LogP contribution is -2.42. The summed E-state index contributed by atoms with van der Waals surface area (Å²) >= 11 is 1.57. The number of nitrogens with zero attached hydrogens (tertiary/aromatic N) is 2. The van der Waals surface area contributed by atoms with Crippen molar-refractivity contribution in [3.63, 3.8) is 0 Å². The molecule has 96 valence electrons. The number of hydrogen-bond acceptors (Lipinski definition) is 4. The molecule has 0 spiro atoms. The van der Waals surface area contributed by atoms with Crippen LogP contribution in [0.15, 0.2) is 11.7 Å². The zero-order valence-electron chi connectivity index (χ0n) is 10.7. The number of thiazole rings is 1. The molecule has 0 radical (unpaired) electrons. The third-order valence-electron chi connectivity index (χ3n) is 4.00. The Balaban J connectivity index is 1.98. The second kappa shape index (κ2) is 5.46. The smallest absolute Gasteiger partial charge is 0.100 e. The van der Waals surface area contributed by atoms with Gasteiger partial charge >= 0.3 is 0 Å². The van der Waals surface area contributed by atoms with Crippen molar-refractivity contribution in [2.45, 2.75) is 51.2 Å². The molecule has 0 aliphatic heterocycles. The Hall–Kier alpha value is -0.450. The maximum atomic E-state index is 10.6. The van der Waals surface area contributed by atoms with E-state index in [0.29, 0.717) is 6.04 Å². The van der Waals surface area contributed by atoms with Crippen LogP contribution >= 0.6 is 11.3 Å². The van der Waals surface area contributed by atoms with Crippen LogP contribution in [0.4, 0.5) is 0 Å². The number of aromatic nitrogens is 1. The zero-order chi connectivity index (χ0) is 12.3. The van der Waals surface area contributed by atoms with Gasteiger partial charge in [0.15, 0.2) is 0 Å². The lowest BCUT2D eigenvalue weighted by Gasteiger charge is -2.39. The average molecular weight is 254 g/mol. The van der Waals surface area contributed by atoms with E-state index in [2.05, 4.69) is 23.7 Å². The summed E-state index contributed by atoms with van der Waals surface area (Å²) in [4.78, 5) is 7.62. The normalized spacial score (nSPS) is 29.8. The van der Waals surface area contributed by atoms with Crippen molar-refractivity contribution >= 4 is 11.3 Å². The van der Waals surface area contributed by atoms with Crippen molar-refractivity contribution in [1.82, 2.24) is 9.88 Å². The van der Waals surface area contributed by atoms with E-state index < -0.39 is 5.60 Å². The largest absolute Gasteiger partial charge is 0.384 e. The highest BCUT2D eigenvalue weighted by Gasteiger charge is 2.37. The van der Waals surface area contributed by atoms with Crippen LogP contribution in [0.5, 0.6) is 0 Å². The van der Waals surface area contributed by atoms with Gasteiger partial charge in [-0.25, -0.2) is 0 Å². The van der Waals surface area contributed by atoms with E-state index in [1.807, 2.05) is 11.7 Å². The summed E-state index contributed by atoms with van der Waals surface area (Å²) in [7, 11) is 0. The van der Waals surface area contributed by atoms with E-state index in [0.717, 1.165) is 43.6 Å². The molecule has 1 aliphatic rings. The van der Waals surface area contributed by atoms with Gasteiger partial charge in [-0.1, -0.05) is 13.8 Å². The quantitative estimate of drug-likeness (QED) is 0.897. The first-order chi connectivity index (χ1) is 8.19. The molecule has 0 saturated heterocycles. The van der Waals surface area contributed by atoms with Gasteiger partial charge in [0.1, 0.15) is 5.60 Å². The van der Waals surface area contributed by atoms with Crippen molar-refractivity contribution in [3.8, 4) is 0 Å². The van der Waals surface area contributed by atoms with Gasteiger partial charge in [0.2, 0.25) is 0 Å². The molecule has 0 amide bonds. The van der Waals surface area contributed by atoms with Crippen molar-refractivity contribution in [1.29, 1.82) is 0 Å². The monoisotopic (exact) mass is 254 g/mol. The predicted octanol–water partition coefficient (Wildman–Crippen LogP) is 2.62. The fourth-order valence-electron chi connectivity index (χ4n) is 2.88. The SMILES string of the molecule is CCN(CC)C1CCC(O)(c2cncs2)CC1. The van der Waals surface area contributed by atoms with E-state index in [1.165, 1.54) is 0 Å². The van der Waals surface area contributed by atoms with E-state index in [-0.39, 0.29) is 0 Å². The standard InChI is InChI=1S/C13H22N2OS/c1-3-15(4-2)11-5-7-13(16,8-6-11)12-9-14-10-17-12/h9-11,16H,3-8H2,1-2H3. The van der Waals surface area contributed by atoms with Crippen molar-refractivity contribution < 1.29 is 5.11 Å². The Kier molecular flexibility index (Phi) is 4.17. The molecule has 0 bridgehead atoms. The molecule has 0 atom stereocenters. The minimum Gasteiger partial charge on any atom is -0.384 e. The van der Waals surface area contributed by atoms with Gasteiger partial charge < -0.3 is 10.0 Å². The third kappa shape index (κ3) is 2.69. The highest BCUT2D eigenvalue weighted by Crippen LogP contribution is 2.39. The Morgan fingerprint density at radius 1 is 1.41 bits per heavy atom. The van der Waals surface area contributed by atoms with Gasteiger partial charge in [-0.05, 0) is 38.8 Å². The summed E-state index contributed by atoms with van der Waals surface area (Å²) in [6, 6.07) is 0.651. The average Bonchev–Trinajstić information content (AvgIpc) is 2.87. The minimum absolute atomic E-state index is 0.606. The van der Waals surface area contributed by atoms with Crippen LogP contribution in [0.2, 0.25) is 0 Å². The van der Waals surface area contributed by atoms with Crippen LogP contribution in [0.1, 0.15) is 44.4 Å². The van der Waals surface area contributed by atoms with Crippen molar-refractivity contribution in [3.05, 3.63) is 16.6 Å². The van der Waals surface area contributed by atoms with E-state index in [1.54, 1.807) is 11.3 Å². The van der Waals surface area contributed by atoms with E-state index in [4.69, 9.17) is 0 Å². The first-order valence-electron chi connectivity index (χ1n) is 6.55. The summed E-state index contributed by atoms with van der Waals surface area (Å²) in [5.74, 6) is 0. The topological polar surface area (TPSA) is 36.4 Å². The van der Waals surface area contributed by atoms with Crippen molar-refractivity contribution in [2.24, 2.45) is 0 Å². The zero-order valence-corrected chi connectivity index (χ0v) is 11.5. The summed E-state index contributed by atoms with van der Waals surface area (Å²) in [5.41, 5.74) is 1.20. The Morgan fingerprint density at radius 2 is 2.06 bits per heavy atom. The fraction of sp³-hybridized carbons (Fsp3) is 0.769. The molecule has 0 aromatic carbocycles. The van der Waals surface area contributed by atoms with Crippen LogP contribution < -0.4 is 0 Å². The molecule has 1 heterocycles. The van der Waals surface area contributed by atoms with Crippen LogP contribution in [0, 0.1) is 0 Å². The Bertz CT molecular complexity index is 327. The first-order valence-corrected chi connectivity index (χ1v) is 7.43. The lowest BCUT2D eigenvalue weighted by atomic mass is 9.81. The van der Waals surface area contributed by atoms with Crippen LogP contribution in [-0.2, 0) is 5.60 Å². The molecular weight excluding hydrogens is 232 g/mol. The van der Waals surface area contributed by atoms with Gasteiger partial charge in [-0.3, -0.25) is 4.98 Å². The summed E-state index contributed by atoms with van der Waals surface area (Å²) in [5, 5.41) is 10.6. The molecule has 4 heteroatoms. The second-order valence-corrected chi connectivity index (χ2v) is 5.74. The van der Waals surface area contributed by atoms with E-state index in [9.17, 15) is 5.11 Å². The Labute approximate surface area is 107 Å². The van der Waals surface area contributed by atoms with E-state index >= 15 is 0 Å². The van der Waals surface area contributed by atoms with Gasteiger partial charge in [-0.15, -0.1) is 11.3 Å². The molecule has 2 rings (SSSR count). The molecule has 1 aromatic heterocycles. The molecule has 3 nitrogen and oxygen atoms in total. The van der Waals surface area contributed by atoms with Gasteiger partial charge in [-0.2, -0.15) is 0 Å². The summed E-state index contributed by atoms with van der Waals surface area (Å²) in [6.45, 7) is 6.65. The van der Waals surface area contributed by atoms with Crippen LogP contribution in [0.3, 0.4) is 0 Å². The first kappa shape index (κ1) is 13.0.